The minimum atomic E-state index is 0.179. The molecule has 4 N–H and O–H groups in total. The Morgan fingerprint density at radius 1 is 0.500 bits per heavy atom. The summed E-state index contributed by atoms with van der Waals surface area (Å²) in [7, 11) is 4.32. The quantitative estimate of drug-likeness (QED) is 0.0323. The van der Waals surface area contributed by atoms with E-state index in [9.17, 15) is 20.4 Å². The summed E-state index contributed by atoms with van der Waals surface area (Å²) in [4.78, 5) is 0. The number of rotatable bonds is 34. The van der Waals surface area contributed by atoms with Gasteiger partial charge >= 0.3 is 0 Å². The molecule has 0 rings (SSSR count). The lowest BCUT2D eigenvalue weighted by molar-refractivity contribution is -0.910. The molecule has 0 aliphatic rings. The number of aliphatic hydroxyl groups excluding tert-OH is 4. The zero-order valence-corrected chi connectivity index (χ0v) is 31.2. The van der Waals surface area contributed by atoms with Crippen molar-refractivity contribution >= 4 is 0 Å². The van der Waals surface area contributed by atoms with Gasteiger partial charge in [-0.2, -0.15) is 0 Å². The second-order valence-electron chi connectivity index (χ2n) is 14.4. The Kier molecular flexibility index (Phi) is 30.6. The fourth-order valence-corrected chi connectivity index (χ4v) is 6.65. The van der Waals surface area contributed by atoms with Crippen molar-refractivity contribution in [2.45, 2.75) is 136 Å². The molecular formula is C40H80N2O4+2. The normalized spacial score (nSPS) is 13.9. The van der Waals surface area contributed by atoms with Crippen LogP contribution in [0.5, 0.6) is 0 Å². The number of hydrogen-bond acceptors (Lipinski definition) is 4. The summed E-state index contributed by atoms with van der Waals surface area (Å²) in [6.45, 7) is 10.2. The first-order valence-corrected chi connectivity index (χ1v) is 19.4. The molecule has 0 bridgehead atoms. The van der Waals surface area contributed by atoms with Crippen LogP contribution >= 0.6 is 0 Å². The molecule has 0 radical (unpaired) electrons. The third kappa shape index (κ3) is 25.1. The zero-order chi connectivity index (χ0) is 34.2. The van der Waals surface area contributed by atoms with Crippen molar-refractivity contribution in [1.82, 2.24) is 0 Å². The summed E-state index contributed by atoms with van der Waals surface area (Å²) in [5, 5.41) is 37.9. The Bertz CT molecular complexity index is 740. The van der Waals surface area contributed by atoms with Crippen molar-refractivity contribution in [1.29, 1.82) is 0 Å². The predicted octanol–water partition coefficient (Wildman–Crippen LogP) is 7.96. The zero-order valence-electron chi connectivity index (χ0n) is 31.2. The summed E-state index contributed by atoms with van der Waals surface area (Å²) in [5.41, 5.74) is 1.68. The van der Waals surface area contributed by atoms with Gasteiger partial charge in [0.15, 0.2) is 0 Å². The highest BCUT2D eigenvalue weighted by Gasteiger charge is 2.21. The van der Waals surface area contributed by atoms with E-state index >= 15 is 0 Å². The lowest BCUT2D eigenvalue weighted by Crippen LogP contribution is -2.48. The van der Waals surface area contributed by atoms with Crippen LogP contribution in [0, 0.1) is 5.92 Å². The smallest absolute Gasteiger partial charge is 0.102 e. The van der Waals surface area contributed by atoms with E-state index in [-0.39, 0.29) is 26.4 Å². The molecule has 0 fully saturated rings. The van der Waals surface area contributed by atoms with Gasteiger partial charge in [-0.25, -0.2) is 0 Å². The SMILES string of the molecule is CCCC/C=C/C/C=C(/CCCCCC[N+](C)(CCO)CCO)C(CC/C=C/CCCC)CCCCCC[N+](C)(CCO)CCO. The van der Waals surface area contributed by atoms with Crippen LogP contribution in [0.2, 0.25) is 0 Å². The maximum absolute atomic E-state index is 9.48. The van der Waals surface area contributed by atoms with E-state index in [1.54, 1.807) is 5.57 Å². The summed E-state index contributed by atoms with van der Waals surface area (Å²) in [6.07, 6.45) is 35.3. The van der Waals surface area contributed by atoms with Gasteiger partial charge in [-0.05, 0) is 83.0 Å². The molecule has 0 aromatic rings. The molecular weight excluding hydrogens is 572 g/mol. The molecule has 1 atom stereocenters. The molecule has 0 saturated heterocycles. The fraction of sp³-hybridized carbons (Fsp3) is 0.850. The van der Waals surface area contributed by atoms with E-state index in [2.05, 4.69) is 58.3 Å². The highest BCUT2D eigenvalue weighted by atomic mass is 16.3. The number of nitrogens with zero attached hydrogens (tertiary/aromatic N) is 2. The molecule has 0 amide bonds. The number of unbranched alkanes of at least 4 members (excludes halogenated alkanes) is 10. The minimum Gasteiger partial charge on any atom is -0.391 e. The summed E-state index contributed by atoms with van der Waals surface area (Å²) >= 11 is 0. The average Bonchev–Trinajstić information content (AvgIpc) is 3.02. The number of quaternary nitrogens is 2. The van der Waals surface area contributed by atoms with E-state index < -0.39 is 0 Å². The molecule has 272 valence electrons. The van der Waals surface area contributed by atoms with E-state index in [4.69, 9.17) is 0 Å². The molecule has 0 aliphatic heterocycles. The van der Waals surface area contributed by atoms with Gasteiger partial charge in [0, 0.05) is 0 Å². The van der Waals surface area contributed by atoms with Crippen molar-refractivity contribution in [3.05, 3.63) is 36.0 Å². The number of hydrogen-bond donors (Lipinski definition) is 4. The monoisotopic (exact) mass is 653 g/mol. The van der Waals surface area contributed by atoms with Gasteiger partial charge in [0.05, 0.1) is 53.6 Å². The van der Waals surface area contributed by atoms with Gasteiger partial charge in [0.1, 0.15) is 26.2 Å². The minimum absolute atomic E-state index is 0.179. The largest absolute Gasteiger partial charge is 0.391 e. The first-order chi connectivity index (χ1) is 22.3. The van der Waals surface area contributed by atoms with Crippen LogP contribution in [0.4, 0.5) is 0 Å². The highest BCUT2D eigenvalue weighted by molar-refractivity contribution is 5.10. The third-order valence-electron chi connectivity index (χ3n) is 9.98. The Balaban J connectivity index is 5.28. The molecule has 1 unspecified atom stereocenters. The van der Waals surface area contributed by atoms with Crippen LogP contribution in [0.3, 0.4) is 0 Å². The van der Waals surface area contributed by atoms with Crippen LogP contribution in [0.25, 0.3) is 0 Å². The first kappa shape index (κ1) is 45.0. The van der Waals surface area contributed by atoms with Crippen molar-refractivity contribution < 1.29 is 29.4 Å². The molecule has 46 heavy (non-hydrogen) atoms. The standard InChI is InChI=1S/C40H80N2O4/c1-5-7-9-11-13-19-25-39(27-21-15-17-23-29-41(3,31-35-43)32-36-44)40(26-20-14-12-10-8-6-2)28-22-16-18-24-30-42(4,33-37-45)34-38-46/h11-14,25,40,43-46H,5-10,15-24,26-38H2,1-4H3/q+2/b13-11+,14-12+,39-25-. The molecule has 0 heterocycles. The topological polar surface area (TPSA) is 80.9 Å². The van der Waals surface area contributed by atoms with E-state index in [0.717, 1.165) is 67.5 Å². The summed E-state index contributed by atoms with van der Waals surface area (Å²) in [5.74, 6) is 0.652. The Morgan fingerprint density at radius 3 is 1.46 bits per heavy atom. The van der Waals surface area contributed by atoms with E-state index in [1.165, 1.54) is 103 Å². The summed E-state index contributed by atoms with van der Waals surface area (Å²) < 4.78 is 1.53. The molecule has 6 nitrogen and oxygen atoms in total. The van der Waals surface area contributed by atoms with Crippen molar-refractivity contribution in [2.24, 2.45) is 5.92 Å². The maximum Gasteiger partial charge on any atom is 0.102 e. The van der Waals surface area contributed by atoms with Gasteiger partial charge in [0.25, 0.3) is 0 Å². The molecule has 0 saturated carbocycles. The average molecular weight is 653 g/mol. The van der Waals surface area contributed by atoms with Crippen LogP contribution in [-0.4, -0.2) is 109 Å². The van der Waals surface area contributed by atoms with Crippen LogP contribution < -0.4 is 0 Å². The van der Waals surface area contributed by atoms with E-state index in [1.807, 2.05) is 0 Å². The van der Waals surface area contributed by atoms with Gasteiger partial charge in [0.2, 0.25) is 0 Å². The Morgan fingerprint density at radius 2 is 0.957 bits per heavy atom. The van der Waals surface area contributed by atoms with Crippen LogP contribution in [0.1, 0.15) is 136 Å². The fourth-order valence-electron chi connectivity index (χ4n) is 6.65. The third-order valence-corrected chi connectivity index (χ3v) is 9.98. The molecule has 0 aromatic carbocycles. The number of likely N-dealkylation sites (N-methyl/N-ethyl adjacent to an activating group) is 2. The molecule has 0 aliphatic carbocycles. The van der Waals surface area contributed by atoms with Crippen molar-refractivity contribution in [3.8, 4) is 0 Å². The predicted molar refractivity (Wildman–Crippen MR) is 199 cm³/mol. The van der Waals surface area contributed by atoms with E-state index in [0.29, 0.717) is 5.92 Å². The van der Waals surface area contributed by atoms with Crippen LogP contribution in [0.15, 0.2) is 36.0 Å². The maximum atomic E-state index is 9.48. The highest BCUT2D eigenvalue weighted by Crippen LogP contribution is 2.29. The second kappa shape index (κ2) is 31.3. The Labute approximate surface area is 286 Å². The molecule has 6 heteroatoms. The lowest BCUT2D eigenvalue weighted by Gasteiger charge is -2.33. The van der Waals surface area contributed by atoms with Crippen molar-refractivity contribution in [2.75, 3.05) is 79.8 Å². The molecule has 0 spiro atoms. The summed E-state index contributed by atoms with van der Waals surface area (Å²) in [6, 6.07) is 0. The Hall–Kier alpha value is -1.02. The second-order valence-corrected chi connectivity index (χ2v) is 14.4. The van der Waals surface area contributed by atoms with Gasteiger partial charge in [-0.15, -0.1) is 0 Å². The molecule has 0 aromatic heterocycles. The van der Waals surface area contributed by atoms with Gasteiger partial charge in [-0.1, -0.05) is 94.7 Å². The van der Waals surface area contributed by atoms with Crippen LogP contribution in [-0.2, 0) is 0 Å². The number of aliphatic hydroxyl groups is 4. The van der Waals surface area contributed by atoms with Crippen molar-refractivity contribution in [3.63, 3.8) is 0 Å². The van der Waals surface area contributed by atoms with Gasteiger partial charge in [-0.3, -0.25) is 0 Å². The first-order valence-electron chi connectivity index (χ1n) is 19.4. The van der Waals surface area contributed by atoms with Gasteiger partial charge < -0.3 is 29.4 Å². The lowest BCUT2D eigenvalue weighted by atomic mass is 9.85. The number of allylic oxidation sites excluding steroid dienone is 6.